The summed E-state index contributed by atoms with van der Waals surface area (Å²) in [5, 5.41) is 13.4. The molecule has 1 fully saturated rings. The lowest BCUT2D eigenvalue weighted by molar-refractivity contribution is -0.134. The monoisotopic (exact) mass is 438 g/mol. The number of halogens is 2. The number of hydrogen-bond acceptors (Lipinski definition) is 6. The van der Waals surface area contributed by atoms with Gasteiger partial charge in [0.25, 0.3) is 0 Å². The fourth-order valence-electron chi connectivity index (χ4n) is 3.09. The van der Waals surface area contributed by atoms with Crippen LogP contribution in [-0.4, -0.2) is 27.9 Å². The van der Waals surface area contributed by atoms with E-state index in [0.717, 1.165) is 0 Å². The standard InChI is InChI=1S/C19H20Cl2N4O4/c1-9-24-25-18(29-9)19(2,3)17(28)22-8-10-6-12(20)15(13(21)7-10)11-4-5-14(26)23-16(11)27/h6-7,11H,4-5,8H2,1-3H3,(H,22,28)(H,23,26,27)/t11-/m1/s1. The van der Waals surface area contributed by atoms with E-state index in [1.165, 1.54) is 0 Å². The van der Waals surface area contributed by atoms with Crippen molar-refractivity contribution in [3.05, 3.63) is 45.1 Å². The van der Waals surface area contributed by atoms with Crippen LogP contribution in [0.15, 0.2) is 16.5 Å². The summed E-state index contributed by atoms with van der Waals surface area (Å²) < 4.78 is 5.37. The molecule has 1 atom stereocenters. The molecular formula is C19H20Cl2N4O4. The minimum Gasteiger partial charge on any atom is -0.424 e. The van der Waals surface area contributed by atoms with Crippen molar-refractivity contribution < 1.29 is 18.8 Å². The van der Waals surface area contributed by atoms with Gasteiger partial charge in [-0.15, -0.1) is 10.2 Å². The van der Waals surface area contributed by atoms with Gasteiger partial charge in [-0.05, 0) is 38.0 Å². The van der Waals surface area contributed by atoms with Gasteiger partial charge in [-0.2, -0.15) is 0 Å². The van der Waals surface area contributed by atoms with E-state index in [-0.39, 0.29) is 30.7 Å². The van der Waals surface area contributed by atoms with Crippen LogP contribution in [0.25, 0.3) is 0 Å². The molecule has 1 saturated heterocycles. The van der Waals surface area contributed by atoms with Gasteiger partial charge in [-0.25, -0.2) is 0 Å². The largest absolute Gasteiger partial charge is 0.424 e. The highest BCUT2D eigenvalue weighted by atomic mass is 35.5. The van der Waals surface area contributed by atoms with E-state index >= 15 is 0 Å². The second-order valence-electron chi connectivity index (χ2n) is 7.41. The van der Waals surface area contributed by atoms with Crippen LogP contribution < -0.4 is 10.6 Å². The highest BCUT2D eigenvalue weighted by molar-refractivity contribution is 6.36. The highest BCUT2D eigenvalue weighted by Crippen LogP contribution is 2.37. The van der Waals surface area contributed by atoms with Crippen molar-refractivity contribution in [3.63, 3.8) is 0 Å². The summed E-state index contributed by atoms with van der Waals surface area (Å²) >= 11 is 12.8. The Hall–Kier alpha value is -2.45. The number of aromatic nitrogens is 2. The first kappa shape index (κ1) is 21.3. The van der Waals surface area contributed by atoms with E-state index in [9.17, 15) is 14.4 Å². The number of nitrogens with zero attached hydrogens (tertiary/aromatic N) is 2. The molecule has 8 nitrogen and oxygen atoms in total. The predicted molar refractivity (Wildman–Crippen MR) is 105 cm³/mol. The first-order valence-electron chi connectivity index (χ1n) is 9.00. The molecule has 2 heterocycles. The molecule has 0 aliphatic carbocycles. The molecule has 10 heteroatoms. The van der Waals surface area contributed by atoms with Gasteiger partial charge in [0, 0.05) is 35.5 Å². The van der Waals surface area contributed by atoms with Gasteiger partial charge in [0.2, 0.25) is 29.5 Å². The number of rotatable bonds is 5. The normalized spacial score (nSPS) is 17.2. The Bertz CT molecular complexity index is 963. The summed E-state index contributed by atoms with van der Waals surface area (Å²) in [5.74, 6) is -1.02. The molecule has 1 aliphatic rings. The van der Waals surface area contributed by atoms with Crippen LogP contribution in [0.2, 0.25) is 10.0 Å². The predicted octanol–water partition coefficient (Wildman–Crippen LogP) is 2.80. The molecule has 1 aromatic heterocycles. The summed E-state index contributed by atoms with van der Waals surface area (Å²) in [6.45, 7) is 5.19. The van der Waals surface area contributed by atoms with Crippen molar-refractivity contribution in [2.75, 3.05) is 0 Å². The topological polar surface area (TPSA) is 114 Å². The SMILES string of the molecule is Cc1nnc(C(C)(C)C(=O)NCc2cc(Cl)c([C@H]3CCC(=O)NC3=O)c(Cl)c2)o1. The zero-order chi connectivity index (χ0) is 21.3. The molecule has 3 amide bonds. The molecule has 0 radical (unpaired) electrons. The number of amides is 3. The van der Waals surface area contributed by atoms with E-state index in [4.69, 9.17) is 27.6 Å². The number of piperidine rings is 1. The van der Waals surface area contributed by atoms with Crippen LogP contribution in [0.4, 0.5) is 0 Å². The maximum atomic E-state index is 12.6. The van der Waals surface area contributed by atoms with Crippen LogP contribution in [0, 0.1) is 6.92 Å². The van der Waals surface area contributed by atoms with Crippen LogP contribution in [0.1, 0.15) is 55.5 Å². The van der Waals surface area contributed by atoms with Gasteiger partial charge in [0.1, 0.15) is 5.41 Å². The van der Waals surface area contributed by atoms with Crippen molar-refractivity contribution in [1.29, 1.82) is 0 Å². The Morgan fingerprint density at radius 2 is 1.93 bits per heavy atom. The third-order valence-corrected chi connectivity index (χ3v) is 5.43. The number of imide groups is 1. The highest BCUT2D eigenvalue weighted by Gasteiger charge is 2.35. The lowest BCUT2D eigenvalue weighted by Crippen LogP contribution is -2.40. The fourth-order valence-corrected chi connectivity index (χ4v) is 3.89. The molecule has 2 aromatic rings. The van der Waals surface area contributed by atoms with Crippen LogP contribution in [0.5, 0.6) is 0 Å². The third-order valence-electron chi connectivity index (χ3n) is 4.81. The van der Waals surface area contributed by atoms with E-state index in [2.05, 4.69) is 20.8 Å². The number of aryl methyl sites for hydroxylation is 1. The lowest BCUT2D eigenvalue weighted by Gasteiger charge is -2.23. The maximum absolute atomic E-state index is 12.6. The number of hydrogen-bond donors (Lipinski definition) is 2. The maximum Gasteiger partial charge on any atom is 0.235 e. The molecule has 2 N–H and O–H groups in total. The van der Waals surface area contributed by atoms with Gasteiger partial charge in [0.15, 0.2) is 0 Å². The van der Waals surface area contributed by atoms with Crippen molar-refractivity contribution in [1.82, 2.24) is 20.8 Å². The summed E-state index contributed by atoms with van der Waals surface area (Å²) in [5.41, 5.74) is 0.138. The smallest absolute Gasteiger partial charge is 0.235 e. The minimum absolute atomic E-state index is 0.171. The number of benzene rings is 1. The Balaban J connectivity index is 1.73. The second kappa shape index (κ2) is 8.12. The lowest BCUT2D eigenvalue weighted by atomic mass is 9.89. The molecule has 0 spiro atoms. The van der Waals surface area contributed by atoms with Gasteiger partial charge < -0.3 is 9.73 Å². The third kappa shape index (κ3) is 4.43. The second-order valence-corrected chi connectivity index (χ2v) is 8.23. The first-order chi connectivity index (χ1) is 13.6. The van der Waals surface area contributed by atoms with Crippen LogP contribution >= 0.6 is 23.2 Å². The molecule has 154 valence electrons. The summed E-state index contributed by atoms with van der Waals surface area (Å²) in [4.78, 5) is 36.1. The van der Waals surface area contributed by atoms with Crippen molar-refractivity contribution >= 4 is 40.9 Å². The van der Waals surface area contributed by atoms with E-state index in [1.54, 1.807) is 32.9 Å². The molecule has 29 heavy (non-hydrogen) atoms. The zero-order valence-corrected chi connectivity index (χ0v) is 17.6. The molecular weight excluding hydrogens is 419 g/mol. The van der Waals surface area contributed by atoms with Gasteiger partial charge in [-0.1, -0.05) is 23.2 Å². The summed E-state index contributed by atoms with van der Waals surface area (Å²) in [6.07, 6.45) is 0.573. The van der Waals surface area contributed by atoms with Gasteiger partial charge >= 0.3 is 0 Å². The van der Waals surface area contributed by atoms with Crippen LogP contribution in [0.3, 0.4) is 0 Å². The Morgan fingerprint density at radius 3 is 2.48 bits per heavy atom. The Kier molecular flexibility index (Phi) is 5.95. The van der Waals surface area contributed by atoms with Crippen molar-refractivity contribution in [2.45, 2.75) is 51.5 Å². The molecule has 0 unspecified atom stereocenters. The number of carbonyl (C=O) groups excluding carboxylic acids is 3. The van der Waals surface area contributed by atoms with E-state index < -0.39 is 17.2 Å². The number of carbonyl (C=O) groups is 3. The average molecular weight is 439 g/mol. The summed E-state index contributed by atoms with van der Waals surface area (Å²) in [6, 6.07) is 3.30. The van der Waals surface area contributed by atoms with Crippen LogP contribution in [-0.2, 0) is 26.3 Å². The molecule has 0 bridgehead atoms. The van der Waals surface area contributed by atoms with Crippen molar-refractivity contribution in [2.24, 2.45) is 0 Å². The number of nitrogens with one attached hydrogen (secondary N) is 2. The fraction of sp³-hybridized carbons (Fsp3) is 0.421. The molecule has 1 aromatic carbocycles. The Morgan fingerprint density at radius 1 is 1.28 bits per heavy atom. The van der Waals surface area contributed by atoms with E-state index in [0.29, 0.717) is 33.5 Å². The molecule has 1 aliphatic heterocycles. The minimum atomic E-state index is -1.01. The van der Waals surface area contributed by atoms with E-state index in [1.807, 2.05) is 0 Å². The average Bonchev–Trinajstić information content (AvgIpc) is 3.08. The van der Waals surface area contributed by atoms with Gasteiger partial charge in [0.05, 0.1) is 5.92 Å². The van der Waals surface area contributed by atoms with Gasteiger partial charge in [-0.3, -0.25) is 19.7 Å². The van der Waals surface area contributed by atoms with Crippen molar-refractivity contribution in [3.8, 4) is 0 Å². The molecule has 0 saturated carbocycles. The molecule has 3 rings (SSSR count). The summed E-state index contributed by atoms with van der Waals surface area (Å²) in [7, 11) is 0. The zero-order valence-electron chi connectivity index (χ0n) is 16.1. The quantitative estimate of drug-likeness (QED) is 0.693. The Labute approximate surface area is 177 Å². The first-order valence-corrected chi connectivity index (χ1v) is 9.75.